The normalized spacial score (nSPS) is 2.25. The van der Waals surface area contributed by atoms with Crippen molar-refractivity contribution in [1.29, 1.82) is 0 Å². The minimum atomic E-state index is 0. The molecule has 0 saturated carbocycles. The number of rotatable bonds is 0. The third kappa shape index (κ3) is 8.90. The molecule has 0 aromatic heterocycles. The zero-order chi connectivity index (χ0) is 2.00. The van der Waals surface area contributed by atoms with E-state index in [4.69, 9.17) is 0 Å². The van der Waals surface area contributed by atoms with Gasteiger partial charge in [-0.15, -0.1) is 0 Å². The zero-order valence-corrected chi connectivity index (χ0v) is 12.7. The average Bonchev–Trinajstić information content (AvgIpc) is 1.00. The van der Waals surface area contributed by atoms with Crippen LogP contribution in [-0.4, -0.2) is 83.5 Å². The van der Waals surface area contributed by atoms with E-state index in [0.717, 1.165) is 13.3 Å². The van der Waals surface area contributed by atoms with E-state index in [1.54, 1.807) is 0 Å². The first-order valence-electron chi connectivity index (χ1n) is 0.408. The summed E-state index contributed by atoms with van der Waals surface area (Å²) in [4.78, 5) is 0. The maximum atomic E-state index is 2.14. The number of hydrogen-bond acceptors (Lipinski definition) is 0. The summed E-state index contributed by atoms with van der Waals surface area (Å²) in [5.74, 6) is 0. The summed E-state index contributed by atoms with van der Waals surface area (Å²) in [6.45, 7) is 0. The van der Waals surface area contributed by atoms with Crippen molar-refractivity contribution in [3.63, 3.8) is 0 Å². The van der Waals surface area contributed by atoms with Crippen molar-refractivity contribution in [3.05, 3.63) is 0 Å². The fraction of sp³-hybridized carbons (Fsp3) is 0. The van der Waals surface area contributed by atoms with Gasteiger partial charge in [-0.2, -0.15) is 0 Å². The van der Waals surface area contributed by atoms with Crippen molar-refractivity contribution in [2.24, 2.45) is 0 Å². The van der Waals surface area contributed by atoms with E-state index >= 15 is 0 Å². The Kier molecular flexibility index (Phi) is 65.5. The summed E-state index contributed by atoms with van der Waals surface area (Å²) in [6.07, 6.45) is 0. The molecule has 1 radical (unpaired) electrons. The second-order valence-corrected chi connectivity index (χ2v) is 0. The molecule has 0 aromatic carbocycles. The average molecular weight is 446 g/mol. The van der Waals surface area contributed by atoms with Crippen LogP contribution >= 0.6 is 0 Å². The van der Waals surface area contributed by atoms with Gasteiger partial charge < -0.3 is 0 Å². The van der Waals surface area contributed by atoms with Gasteiger partial charge in [-0.05, 0) is 0 Å². The van der Waals surface area contributed by atoms with Crippen molar-refractivity contribution < 1.29 is 0 Å². The molecular weight excluding hydrogens is 437 g/mol. The first kappa shape index (κ1) is 15.7. The first-order valence-corrected chi connectivity index (χ1v) is 14.2. The molecule has 0 rings (SSSR count). The Hall–Kier alpha value is 3.02. The summed E-state index contributed by atoms with van der Waals surface area (Å²) < 4.78 is 0. The molecule has 0 saturated heterocycles. The Morgan fingerprint density at radius 1 is 1.25 bits per heavy atom. The van der Waals surface area contributed by atoms with Crippen molar-refractivity contribution in [3.8, 4) is 0 Å². The van der Waals surface area contributed by atoms with Crippen LogP contribution in [0.15, 0.2) is 0 Å². The summed E-state index contributed by atoms with van der Waals surface area (Å²) in [6, 6.07) is 0. The van der Waals surface area contributed by atoms with Gasteiger partial charge >= 0.3 is 83.5 Å². The van der Waals surface area contributed by atoms with Gasteiger partial charge in [-0.25, -0.2) is 0 Å². The van der Waals surface area contributed by atoms with E-state index in [-0.39, 0.29) is 50.3 Å². The standard InChI is InChI=1S/GeH3Te.In.Sb.6H/c1-2;;;;;;;;/h1H3;;;;;;;;. The van der Waals surface area contributed by atoms with Crippen LogP contribution in [0.5, 0.6) is 0 Å². The monoisotopic (exact) mass is 449 g/mol. The molecule has 0 bridgehead atoms. The van der Waals surface area contributed by atoms with Crippen LogP contribution < -0.4 is 0 Å². The summed E-state index contributed by atoms with van der Waals surface area (Å²) >= 11 is 3.21. The Bertz CT molecular complexity index is 8.00. The van der Waals surface area contributed by atoms with Gasteiger partial charge in [-0.3, -0.25) is 0 Å². The van der Waals surface area contributed by atoms with Gasteiger partial charge in [0, 0.05) is 0 Å². The molecule has 0 heterocycles. The predicted octanol–water partition coefficient (Wildman–Crippen LogP) is -3.93. The third-order valence-corrected chi connectivity index (χ3v) is 0. The summed E-state index contributed by atoms with van der Waals surface area (Å²) in [5.41, 5.74) is 0. The van der Waals surface area contributed by atoms with Gasteiger partial charge in [0.2, 0.25) is 0 Å². The molecule has 0 aliphatic rings. The van der Waals surface area contributed by atoms with E-state index in [1.807, 2.05) is 0 Å². The molecule has 0 N–H and O–H groups in total. The SMILES string of the molecule is [GeH3][Te].[InH3].[SbH3]. The van der Waals surface area contributed by atoms with Crippen LogP contribution in [0.3, 0.4) is 0 Å². The summed E-state index contributed by atoms with van der Waals surface area (Å²) in [7, 11) is 0. The van der Waals surface area contributed by atoms with Crippen molar-refractivity contribution in [2.45, 2.75) is 0 Å². The molecule has 4 heteroatoms. The van der Waals surface area contributed by atoms with Crippen LogP contribution in [0, 0.1) is 0 Å². The van der Waals surface area contributed by atoms with Gasteiger partial charge in [0.25, 0.3) is 0 Å². The predicted molar refractivity (Wildman–Crippen MR) is 35.6 cm³/mol. The second kappa shape index (κ2) is 16.6. The molecule has 4 heavy (non-hydrogen) atoms. The number of hydrogen-bond donors (Lipinski definition) is 0. The Morgan fingerprint density at radius 3 is 1.25 bits per heavy atom. The van der Waals surface area contributed by atoms with Crippen LogP contribution in [0.4, 0.5) is 0 Å². The first-order chi connectivity index (χ1) is 1.00. The molecule has 0 fully saturated rings. The molecule has 0 spiro atoms. The van der Waals surface area contributed by atoms with Crippen LogP contribution in [0.1, 0.15) is 0 Å². The molecule has 0 aliphatic carbocycles. The van der Waals surface area contributed by atoms with E-state index in [2.05, 4.69) is 19.9 Å². The topological polar surface area (TPSA) is 0 Å². The quantitative estimate of drug-likeness (QED) is 0.334. The zero-order valence-electron chi connectivity index (χ0n) is 2.12. The fourth-order valence-electron chi connectivity index (χ4n) is 0. The van der Waals surface area contributed by atoms with Gasteiger partial charge in [-0.1, -0.05) is 0 Å². The van der Waals surface area contributed by atoms with E-state index < -0.39 is 0 Å². The molecule has 0 aromatic rings. The second-order valence-electron chi connectivity index (χ2n) is 0. The molecule has 0 atom stereocenters. The Morgan fingerprint density at radius 2 is 1.25 bits per heavy atom. The van der Waals surface area contributed by atoms with Crippen LogP contribution in [0.25, 0.3) is 0 Å². The molecule has 0 nitrogen and oxygen atoms in total. The molecule has 0 unspecified atom stereocenters. The van der Waals surface area contributed by atoms with Crippen LogP contribution in [-0.2, 0) is 0 Å². The van der Waals surface area contributed by atoms with Crippen LogP contribution in [0.2, 0.25) is 0 Å². The Labute approximate surface area is 81.7 Å². The van der Waals surface area contributed by atoms with Crippen molar-refractivity contribution in [1.82, 2.24) is 0 Å². The third-order valence-electron chi connectivity index (χ3n) is 0. The van der Waals surface area contributed by atoms with Gasteiger partial charge in [0.1, 0.15) is 0 Å². The van der Waals surface area contributed by atoms with E-state index in [0.29, 0.717) is 0 Å². The molecular formula is H9GeInSbTe. The molecule has 0 aliphatic heterocycles. The molecule has 0 amide bonds. The molecule has 27 valence electrons. The fourth-order valence-corrected chi connectivity index (χ4v) is 0. The minimum absolute atomic E-state index is 0. The Balaban J connectivity index is -0.00000000500. The van der Waals surface area contributed by atoms with Crippen molar-refractivity contribution in [2.75, 3.05) is 0 Å². The maximum absolute atomic E-state index is 2.14. The van der Waals surface area contributed by atoms with E-state index in [9.17, 15) is 0 Å². The van der Waals surface area contributed by atoms with Gasteiger partial charge in [0.15, 0.2) is 0 Å². The van der Waals surface area contributed by atoms with E-state index in [1.165, 1.54) is 0 Å². The summed E-state index contributed by atoms with van der Waals surface area (Å²) in [5, 5.41) is 0. The van der Waals surface area contributed by atoms with Gasteiger partial charge in [0.05, 0.1) is 0 Å². The van der Waals surface area contributed by atoms with Crippen molar-refractivity contribution >= 4 is 83.5 Å².